The van der Waals surface area contributed by atoms with Crippen LogP contribution in [-0.2, 0) is 16.0 Å². The predicted octanol–water partition coefficient (Wildman–Crippen LogP) is 3.37. The quantitative estimate of drug-likeness (QED) is 0.748. The average Bonchev–Trinajstić information content (AvgIpc) is 3.18. The van der Waals surface area contributed by atoms with Crippen molar-refractivity contribution in [1.29, 1.82) is 0 Å². The van der Waals surface area contributed by atoms with Crippen molar-refractivity contribution in [2.24, 2.45) is 0 Å². The number of rotatable bonds is 5. The lowest BCUT2D eigenvalue weighted by Gasteiger charge is -2.23. The molecule has 0 bridgehead atoms. The second-order valence-corrected chi connectivity index (χ2v) is 7.37. The van der Waals surface area contributed by atoms with Gasteiger partial charge in [-0.05, 0) is 43.9 Å². The van der Waals surface area contributed by atoms with Crippen molar-refractivity contribution in [3.63, 3.8) is 0 Å². The Bertz CT molecular complexity index is 771. The van der Waals surface area contributed by atoms with E-state index in [1.165, 1.54) is 31.2 Å². The fourth-order valence-corrected chi connectivity index (χ4v) is 3.72. The highest BCUT2D eigenvalue weighted by atomic mass is 19.4. The van der Waals surface area contributed by atoms with Crippen LogP contribution in [0.1, 0.15) is 44.6 Å². The minimum absolute atomic E-state index is 0.140. The molecule has 1 aromatic rings. The van der Waals surface area contributed by atoms with Gasteiger partial charge in [-0.15, -0.1) is 0 Å². The number of nitrogens with one attached hydrogen (secondary N) is 2. The van der Waals surface area contributed by atoms with Gasteiger partial charge >= 0.3 is 12.2 Å². The monoisotopic (exact) mass is 397 g/mol. The number of aryl methyl sites for hydroxylation is 1. The van der Waals surface area contributed by atoms with E-state index in [4.69, 9.17) is 0 Å². The summed E-state index contributed by atoms with van der Waals surface area (Å²) in [6.45, 7) is 1.47. The SMILES string of the molecule is C[C@@H](C(=O)Nc1ccc(CCC(F)(F)F)cc1)N1C(=O)NC2(CCCC2)C1=O. The van der Waals surface area contributed by atoms with Crippen molar-refractivity contribution in [2.75, 3.05) is 5.32 Å². The number of alkyl halides is 3. The van der Waals surface area contributed by atoms with Gasteiger partial charge in [0.2, 0.25) is 5.91 Å². The molecule has 0 radical (unpaired) electrons. The van der Waals surface area contributed by atoms with E-state index in [9.17, 15) is 27.6 Å². The molecule has 4 amide bonds. The topological polar surface area (TPSA) is 78.5 Å². The van der Waals surface area contributed by atoms with Gasteiger partial charge < -0.3 is 10.6 Å². The summed E-state index contributed by atoms with van der Waals surface area (Å²) in [6.07, 6.45) is -2.43. The van der Waals surface area contributed by atoms with Crippen LogP contribution in [-0.4, -0.2) is 40.5 Å². The molecule has 9 heteroatoms. The molecule has 6 nitrogen and oxygen atoms in total. The minimum Gasteiger partial charge on any atom is -0.324 e. The maximum Gasteiger partial charge on any atom is 0.389 e. The molecule has 2 aliphatic rings. The first-order valence-corrected chi connectivity index (χ1v) is 9.24. The van der Waals surface area contributed by atoms with Crippen LogP contribution in [0.3, 0.4) is 0 Å². The summed E-state index contributed by atoms with van der Waals surface area (Å²) in [5.41, 5.74) is 0.00190. The van der Waals surface area contributed by atoms with Gasteiger partial charge in [-0.3, -0.25) is 9.59 Å². The number of hydrogen-bond acceptors (Lipinski definition) is 3. The first kappa shape index (κ1) is 20.2. The summed E-state index contributed by atoms with van der Waals surface area (Å²) in [5.74, 6) is -0.915. The van der Waals surface area contributed by atoms with Crippen molar-refractivity contribution in [1.82, 2.24) is 10.2 Å². The van der Waals surface area contributed by atoms with Crippen LogP contribution in [0.4, 0.5) is 23.7 Å². The zero-order chi connectivity index (χ0) is 20.5. The number of urea groups is 1. The van der Waals surface area contributed by atoms with Gasteiger partial charge in [-0.25, -0.2) is 9.69 Å². The molecule has 152 valence electrons. The van der Waals surface area contributed by atoms with E-state index in [0.29, 0.717) is 24.1 Å². The number of hydrogen-bond donors (Lipinski definition) is 2. The van der Waals surface area contributed by atoms with Crippen LogP contribution in [0.25, 0.3) is 0 Å². The van der Waals surface area contributed by atoms with Crippen LogP contribution >= 0.6 is 0 Å². The third kappa shape index (κ3) is 4.13. The first-order valence-electron chi connectivity index (χ1n) is 9.24. The molecule has 1 aromatic carbocycles. The van der Waals surface area contributed by atoms with E-state index in [1.807, 2.05) is 0 Å². The molecular weight excluding hydrogens is 375 g/mol. The average molecular weight is 397 g/mol. The highest BCUT2D eigenvalue weighted by Gasteiger charge is 2.54. The van der Waals surface area contributed by atoms with E-state index in [-0.39, 0.29) is 12.3 Å². The first-order chi connectivity index (χ1) is 13.1. The maximum absolute atomic E-state index is 12.7. The molecule has 1 saturated heterocycles. The van der Waals surface area contributed by atoms with Crippen molar-refractivity contribution < 1.29 is 27.6 Å². The van der Waals surface area contributed by atoms with Crippen LogP contribution in [0.2, 0.25) is 0 Å². The number of carbonyl (C=O) groups excluding carboxylic acids is 3. The number of amides is 4. The molecule has 2 N–H and O–H groups in total. The number of carbonyl (C=O) groups is 3. The van der Waals surface area contributed by atoms with E-state index >= 15 is 0 Å². The number of halogens is 3. The van der Waals surface area contributed by atoms with E-state index in [2.05, 4.69) is 10.6 Å². The zero-order valence-corrected chi connectivity index (χ0v) is 15.4. The summed E-state index contributed by atoms with van der Waals surface area (Å²) in [7, 11) is 0. The Kier molecular flexibility index (Phi) is 5.36. The Balaban J connectivity index is 1.61. The van der Waals surface area contributed by atoms with Crippen molar-refractivity contribution in [3.8, 4) is 0 Å². The summed E-state index contributed by atoms with van der Waals surface area (Å²) in [4.78, 5) is 38.4. The van der Waals surface area contributed by atoms with E-state index < -0.39 is 36.1 Å². The van der Waals surface area contributed by atoms with Gasteiger partial charge in [-0.1, -0.05) is 25.0 Å². The molecule has 1 aliphatic carbocycles. The maximum atomic E-state index is 12.7. The molecule has 0 aromatic heterocycles. The van der Waals surface area contributed by atoms with Crippen molar-refractivity contribution >= 4 is 23.5 Å². The fraction of sp³-hybridized carbons (Fsp3) is 0.526. The third-order valence-corrected chi connectivity index (χ3v) is 5.34. The molecule has 1 spiro atoms. The Labute approximate surface area is 160 Å². The Morgan fingerprint density at radius 3 is 2.39 bits per heavy atom. The van der Waals surface area contributed by atoms with Gasteiger partial charge in [0, 0.05) is 12.1 Å². The number of nitrogens with zero attached hydrogens (tertiary/aromatic N) is 1. The summed E-state index contributed by atoms with van der Waals surface area (Å²) in [6, 6.07) is 4.44. The standard InChI is InChI=1S/C19H22F3N3O3/c1-12(25-16(27)18(24-17(25)28)9-2-3-10-18)15(26)23-14-6-4-13(5-7-14)8-11-19(20,21)22/h4-7,12H,2-3,8-11H2,1H3,(H,23,26)(H,24,28)/t12-/m0/s1. The smallest absolute Gasteiger partial charge is 0.324 e. The fourth-order valence-electron chi connectivity index (χ4n) is 3.72. The van der Waals surface area contributed by atoms with Crippen molar-refractivity contribution in [3.05, 3.63) is 29.8 Å². The van der Waals surface area contributed by atoms with E-state index in [0.717, 1.165) is 17.7 Å². The van der Waals surface area contributed by atoms with E-state index in [1.54, 1.807) is 0 Å². The van der Waals surface area contributed by atoms with Crippen molar-refractivity contribution in [2.45, 2.75) is 63.2 Å². The molecule has 2 fully saturated rings. The predicted molar refractivity (Wildman–Crippen MR) is 95.5 cm³/mol. The van der Waals surface area contributed by atoms with Gasteiger partial charge in [0.15, 0.2) is 0 Å². The van der Waals surface area contributed by atoms with Gasteiger partial charge in [0.1, 0.15) is 11.6 Å². The van der Waals surface area contributed by atoms with Crippen LogP contribution in [0, 0.1) is 0 Å². The second-order valence-electron chi connectivity index (χ2n) is 7.37. The molecule has 1 heterocycles. The summed E-state index contributed by atoms with van der Waals surface area (Å²) < 4.78 is 36.8. The number of benzene rings is 1. The normalized spacial score (nSPS) is 19.8. The lowest BCUT2D eigenvalue weighted by molar-refractivity contribution is -0.136. The van der Waals surface area contributed by atoms with Crippen LogP contribution in [0.15, 0.2) is 24.3 Å². The molecule has 28 heavy (non-hydrogen) atoms. The van der Waals surface area contributed by atoms with Gasteiger partial charge in [0.25, 0.3) is 5.91 Å². The highest BCUT2D eigenvalue weighted by Crippen LogP contribution is 2.35. The minimum atomic E-state index is -4.22. The number of anilines is 1. The molecule has 1 saturated carbocycles. The third-order valence-electron chi connectivity index (χ3n) is 5.34. The highest BCUT2D eigenvalue weighted by molar-refractivity contribution is 6.11. The van der Waals surface area contributed by atoms with Gasteiger partial charge in [-0.2, -0.15) is 13.2 Å². The lowest BCUT2D eigenvalue weighted by atomic mass is 9.97. The molecule has 1 atom stereocenters. The molecule has 1 aliphatic heterocycles. The summed E-state index contributed by atoms with van der Waals surface area (Å²) >= 11 is 0. The van der Waals surface area contributed by atoms with Gasteiger partial charge in [0.05, 0.1) is 0 Å². The Morgan fingerprint density at radius 2 is 1.82 bits per heavy atom. The molecule has 3 rings (SSSR count). The Hall–Kier alpha value is -2.58. The second kappa shape index (κ2) is 7.44. The molecular formula is C19H22F3N3O3. The van der Waals surface area contributed by atoms with Crippen LogP contribution < -0.4 is 10.6 Å². The summed E-state index contributed by atoms with van der Waals surface area (Å²) in [5, 5.41) is 5.33. The van der Waals surface area contributed by atoms with Crippen LogP contribution in [0.5, 0.6) is 0 Å². The zero-order valence-electron chi connectivity index (χ0n) is 15.4. The largest absolute Gasteiger partial charge is 0.389 e. The Morgan fingerprint density at radius 1 is 1.21 bits per heavy atom. The lowest BCUT2D eigenvalue weighted by Crippen LogP contribution is -2.48. The number of imide groups is 1. The molecule has 0 unspecified atom stereocenters.